The summed E-state index contributed by atoms with van der Waals surface area (Å²) in [4.78, 5) is 72.8. The van der Waals surface area contributed by atoms with Gasteiger partial charge in [-0.25, -0.2) is 9.13 Å². The van der Waals surface area contributed by atoms with Crippen LogP contribution in [0.15, 0.2) is 0 Å². The van der Waals surface area contributed by atoms with Gasteiger partial charge >= 0.3 is 39.5 Å². The van der Waals surface area contributed by atoms with Gasteiger partial charge in [0.15, 0.2) is 12.2 Å². The van der Waals surface area contributed by atoms with Crippen molar-refractivity contribution >= 4 is 39.5 Å². The highest BCUT2D eigenvalue weighted by atomic mass is 31.2. The number of hydrogen-bond donors (Lipinski definition) is 3. The Kier molecular flexibility index (Phi) is 67.4. The first-order valence-corrected chi connectivity index (χ1v) is 43.0. The van der Waals surface area contributed by atoms with Crippen LogP contribution in [-0.2, 0) is 65.4 Å². The number of phosphoric ester groups is 2. The van der Waals surface area contributed by atoms with Gasteiger partial charge in [0, 0.05) is 25.7 Å². The van der Waals surface area contributed by atoms with Gasteiger partial charge in [-0.3, -0.25) is 37.3 Å². The summed E-state index contributed by atoms with van der Waals surface area (Å²) in [7, 11) is -9.91. The molecule has 0 rings (SSSR count). The first kappa shape index (κ1) is 94.1. The second-order valence-corrected chi connectivity index (χ2v) is 31.6. The maximum Gasteiger partial charge on any atom is 0.472 e. The van der Waals surface area contributed by atoms with Crippen molar-refractivity contribution < 1.29 is 80.2 Å². The van der Waals surface area contributed by atoms with Gasteiger partial charge in [-0.15, -0.1) is 0 Å². The molecule has 0 bridgehead atoms. The van der Waals surface area contributed by atoms with E-state index in [-0.39, 0.29) is 25.7 Å². The largest absolute Gasteiger partial charge is 0.472 e. The number of phosphoric acid groups is 2. The van der Waals surface area contributed by atoms with Crippen LogP contribution in [0.3, 0.4) is 0 Å². The van der Waals surface area contributed by atoms with Crippen LogP contribution in [0.1, 0.15) is 401 Å². The molecule has 2 unspecified atom stereocenters. The molecule has 5 atom stereocenters. The Balaban J connectivity index is 5.22. The van der Waals surface area contributed by atoms with E-state index in [1.807, 2.05) is 0 Å². The number of esters is 4. The number of carbonyl (C=O) groups excluding carboxylic acids is 4. The van der Waals surface area contributed by atoms with Crippen molar-refractivity contribution in [3.63, 3.8) is 0 Å². The third-order valence-corrected chi connectivity index (χ3v) is 19.9. The molecule has 0 amide bonds. The summed E-state index contributed by atoms with van der Waals surface area (Å²) in [5, 5.41) is 10.6. The minimum atomic E-state index is -4.96. The van der Waals surface area contributed by atoms with Gasteiger partial charge in [0.2, 0.25) is 0 Å². The molecule has 19 heteroatoms. The van der Waals surface area contributed by atoms with E-state index in [0.717, 1.165) is 102 Å². The SMILES string of the molecule is CCCCCCCCCCCCCCCCCCC(=O)OC[C@H](COP(=O)(O)OC[C@@H](O)COP(=O)(O)OC[C@@H](COC(=O)CCCCCCCCCCC)OC(=O)CCCCCCCCCCCC(C)C)OC(=O)CCCCCCCCCCCCCCCCCCC(C)C. The van der Waals surface area contributed by atoms with Gasteiger partial charge in [-0.05, 0) is 37.5 Å². The summed E-state index contributed by atoms with van der Waals surface area (Å²) in [6.45, 7) is 9.60. The van der Waals surface area contributed by atoms with Gasteiger partial charge in [0.1, 0.15) is 19.3 Å². The third-order valence-electron chi connectivity index (χ3n) is 18.0. The number of unbranched alkanes of at least 4 members (excludes halogenated alkanes) is 46. The highest BCUT2D eigenvalue weighted by Crippen LogP contribution is 2.45. The Bertz CT molecular complexity index is 1860. The summed E-state index contributed by atoms with van der Waals surface area (Å²) < 4.78 is 68.5. The highest BCUT2D eigenvalue weighted by molar-refractivity contribution is 7.47. The number of aliphatic hydroxyl groups excluding tert-OH is 1. The molecule has 0 aliphatic heterocycles. The summed E-state index contributed by atoms with van der Waals surface area (Å²) >= 11 is 0. The van der Waals surface area contributed by atoms with Crippen LogP contribution in [0.25, 0.3) is 0 Å². The summed E-state index contributed by atoms with van der Waals surface area (Å²) in [6, 6.07) is 0. The van der Waals surface area contributed by atoms with E-state index in [4.69, 9.17) is 37.0 Å². The van der Waals surface area contributed by atoms with Crippen LogP contribution < -0.4 is 0 Å². The Morgan fingerprint density at radius 3 is 0.708 bits per heavy atom. The van der Waals surface area contributed by atoms with Crippen LogP contribution in [0.5, 0.6) is 0 Å². The zero-order chi connectivity index (χ0) is 70.7. The van der Waals surface area contributed by atoms with Gasteiger partial charge < -0.3 is 33.8 Å². The molecule has 3 N–H and O–H groups in total. The molecular weight excluding hydrogens is 1260 g/mol. The quantitative estimate of drug-likeness (QED) is 0.0222. The lowest BCUT2D eigenvalue weighted by Gasteiger charge is -2.21. The molecule has 0 aromatic carbocycles. The Hall–Kier alpha value is -1.94. The minimum Gasteiger partial charge on any atom is -0.462 e. The Morgan fingerprint density at radius 2 is 0.479 bits per heavy atom. The minimum absolute atomic E-state index is 0.105. The maximum atomic E-state index is 13.1. The van der Waals surface area contributed by atoms with Crippen molar-refractivity contribution in [2.24, 2.45) is 11.8 Å². The van der Waals surface area contributed by atoms with Crippen LogP contribution >= 0.6 is 15.6 Å². The van der Waals surface area contributed by atoms with Gasteiger partial charge in [0.25, 0.3) is 0 Å². The first-order valence-electron chi connectivity index (χ1n) is 40.0. The standard InChI is InChI=1S/C77H150O17P2/c1-7-9-11-13-15-17-18-19-20-24-27-30-36-42-48-54-60-75(80)88-66-73(93-76(81)61-55-49-43-37-31-28-25-22-21-23-26-29-34-39-45-51-57-69(3)4)68-92-96(85,86)90-64-71(78)63-89-95(83,84)91-67-72(65-87-74(79)59-53-47-41-33-16-14-12-10-8-2)94-77(82)62-56-50-44-38-32-35-40-46-52-58-70(5)6/h69-73,78H,7-68H2,1-6H3,(H,83,84)(H,85,86)/t71-,72+,73+/m0/s1. The van der Waals surface area contributed by atoms with E-state index < -0.39 is 97.5 Å². The first-order chi connectivity index (χ1) is 46.4. The number of carbonyl (C=O) groups is 4. The fourth-order valence-electron chi connectivity index (χ4n) is 11.8. The average Bonchev–Trinajstić information content (AvgIpc) is 1.49. The highest BCUT2D eigenvalue weighted by Gasteiger charge is 2.30. The topological polar surface area (TPSA) is 237 Å². The summed E-state index contributed by atoms with van der Waals surface area (Å²) in [6.07, 6.45) is 56.9. The molecule has 0 saturated carbocycles. The lowest BCUT2D eigenvalue weighted by atomic mass is 10.0. The monoisotopic (exact) mass is 1410 g/mol. The smallest absolute Gasteiger partial charge is 0.462 e. The summed E-state index contributed by atoms with van der Waals surface area (Å²) in [5.74, 6) is -0.569. The fraction of sp³-hybridized carbons (Fsp3) is 0.948. The molecule has 0 saturated heterocycles. The Labute approximate surface area is 588 Å². The molecule has 570 valence electrons. The second kappa shape index (κ2) is 68.8. The van der Waals surface area contributed by atoms with E-state index >= 15 is 0 Å². The zero-order valence-corrected chi connectivity index (χ0v) is 64.5. The van der Waals surface area contributed by atoms with E-state index in [1.54, 1.807) is 0 Å². The molecule has 0 spiro atoms. The maximum absolute atomic E-state index is 13.1. The predicted molar refractivity (Wildman–Crippen MR) is 391 cm³/mol. The number of rotatable bonds is 76. The van der Waals surface area contributed by atoms with Crippen molar-refractivity contribution in [1.29, 1.82) is 0 Å². The zero-order valence-electron chi connectivity index (χ0n) is 62.7. The molecule has 17 nitrogen and oxygen atoms in total. The van der Waals surface area contributed by atoms with E-state index in [2.05, 4.69) is 41.5 Å². The lowest BCUT2D eigenvalue weighted by Crippen LogP contribution is -2.30. The second-order valence-electron chi connectivity index (χ2n) is 28.7. The molecule has 0 aliphatic carbocycles. The Morgan fingerprint density at radius 1 is 0.281 bits per heavy atom. The summed E-state index contributed by atoms with van der Waals surface area (Å²) in [5.41, 5.74) is 0. The van der Waals surface area contributed by atoms with Crippen molar-refractivity contribution in [1.82, 2.24) is 0 Å². The molecule has 0 fully saturated rings. The van der Waals surface area contributed by atoms with Crippen molar-refractivity contribution in [2.75, 3.05) is 39.6 Å². The van der Waals surface area contributed by atoms with Gasteiger partial charge in [-0.2, -0.15) is 0 Å². The predicted octanol–water partition coefficient (Wildman–Crippen LogP) is 22.7. The normalized spacial score (nSPS) is 14.0. The molecule has 0 aromatic heterocycles. The molecule has 0 radical (unpaired) electrons. The van der Waals surface area contributed by atoms with Crippen LogP contribution in [0.2, 0.25) is 0 Å². The number of ether oxygens (including phenoxy) is 4. The van der Waals surface area contributed by atoms with E-state index in [0.29, 0.717) is 25.7 Å². The lowest BCUT2D eigenvalue weighted by molar-refractivity contribution is -0.161. The fourth-order valence-corrected chi connectivity index (χ4v) is 13.4. The van der Waals surface area contributed by atoms with E-state index in [9.17, 15) is 43.2 Å². The average molecular weight is 1410 g/mol. The molecule has 96 heavy (non-hydrogen) atoms. The van der Waals surface area contributed by atoms with Crippen molar-refractivity contribution in [3.05, 3.63) is 0 Å². The van der Waals surface area contributed by atoms with Crippen LogP contribution in [0, 0.1) is 11.8 Å². The number of aliphatic hydroxyl groups is 1. The molecule has 0 heterocycles. The van der Waals surface area contributed by atoms with Gasteiger partial charge in [-0.1, -0.05) is 350 Å². The van der Waals surface area contributed by atoms with Crippen molar-refractivity contribution in [2.45, 2.75) is 419 Å². The van der Waals surface area contributed by atoms with Crippen LogP contribution in [-0.4, -0.2) is 96.7 Å². The number of hydrogen-bond acceptors (Lipinski definition) is 15. The van der Waals surface area contributed by atoms with Crippen LogP contribution in [0.4, 0.5) is 0 Å². The van der Waals surface area contributed by atoms with E-state index in [1.165, 1.54) is 218 Å². The molecule has 0 aromatic rings. The molecular formula is C77H150O17P2. The van der Waals surface area contributed by atoms with Gasteiger partial charge in [0.05, 0.1) is 26.4 Å². The molecule has 0 aliphatic rings. The van der Waals surface area contributed by atoms with Crippen molar-refractivity contribution in [3.8, 4) is 0 Å². The third kappa shape index (κ3) is 70.5.